The first-order chi connectivity index (χ1) is 10.1. The van der Waals surface area contributed by atoms with Crippen molar-refractivity contribution in [2.75, 3.05) is 19.8 Å². The molecule has 2 rings (SSSR count). The Bertz CT molecular complexity index is 482. The molecule has 1 aromatic carbocycles. The second kappa shape index (κ2) is 7.08. The van der Waals surface area contributed by atoms with Crippen LogP contribution in [0.4, 0.5) is 4.79 Å². The van der Waals surface area contributed by atoms with Crippen LogP contribution in [0, 0.1) is 5.41 Å². The summed E-state index contributed by atoms with van der Waals surface area (Å²) in [5, 5.41) is 11.9. The van der Waals surface area contributed by atoms with Crippen LogP contribution in [0.15, 0.2) is 30.3 Å². The molecule has 0 aliphatic carbocycles. The molecule has 1 saturated heterocycles. The SMILES string of the molecule is O=C(NCC1(C(=O)O)CCOCC1)OCc1ccccc1. The second-order valence-electron chi connectivity index (χ2n) is 5.11. The maximum Gasteiger partial charge on any atom is 0.407 e. The number of nitrogens with one attached hydrogen (secondary N) is 1. The number of rotatable bonds is 5. The molecule has 1 aliphatic rings. The molecule has 6 nitrogen and oxygen atoms in total. The normalized spacial score (nSPS) is 17.0. The molecule has 1 amide bonds. The number of carboxylic acid groups (broad SMARTS) is 1. The Morgan fingerprint density at radius 2 is 1.90 bits per heavy atom. The fourth-order valence-electron chi connectivity index (χ4n) is 2.24. The number of hydrogen-bond donors (Lipinski definition) is 2. The lowest BCUT2D eigenvalue weighted by atomic mass is 9.80. The van der Waals surface area contributed by atoms with E-state index in [9.17, 15) is 14.7 Å². The van der Waals surface area contributed by atoms with Crippen molar-refractivity contribution < 1.29 is 24.2 Å². The van der Waals surface area contributed by atoms with Gasteiger partial charge in [0.25, 0.3) is 0 Å². The Morgan fingerprint density at radius 3 is 2.52 bits per heavy atom. The highest BCUT2D eigenvalue weighted by molar-refractivity contribution is 5.76. The number of ether oxygens (including phenoxy) is 2. The van der Waals surface area contributed by atoms with Gasteiger partial charge in [-0.05, 0) is 18.4 Å². The molecule has 0 spiro atoms. The van der Waals surface area contributed by atoms with E-state index < -0.39 is 17.5 Å². The minimum atomic E-state index is -0.954. The lowest BCUT2D eigenvalue weighted by Gasteiger charge is -2.32. The number of carboxylic acids is 1. The lowest BCUT2D eigenvalue weighted by molar-refractivity contribution is -0.154. The zero-order chi connectivity index (χ0) is 15.1. The Kier molecular flexibility index (Phi) is 5.16. The molecule has 1 aliphatic heterocycles. The van der Waals surface area contributed by atoms with Gasteiger partial charge in [0.05, 0.1) is 5.41 Å². The highest BCUT2D eigenvalue weighted by atomic mass is 16.5. The number of alkyl carbamates (subject to hydrolysis) is 1. The van der Waals surface area contributed by atoms with E-state index in [2.05, 4.69) is 5.32 Å². The zero-order valence-corrected chi connectivity index (χ0v) is 11.7. The van der Waals surface area contributed by atoms with Crippen molar-refractivity contribution in [3.8, 4) is 0 Å². The minimum absolute atomic E-state index is 0.0549. The van der Waals surface area contributed by atoms with Gasteiger partial charge in [0.15, 0.2) is 0 Å². The third kappa shape index (κ3) is 4.19. The van der Waals surface area contributed by atoms with Crippen molar-refractivity contribution in [2.24, 2.45) is 5.41 Å². The summed E-state index contributed by atoms with van der Waals surface area (Å²) in [6.07, 6.45) is 0.175. The predicted octanol–water partition coefficient (Wildman–Crippen LogP) is 1.79. The van der Waals surface area contributed by atoms with E-state index >= 15 is 0 Å². The zero-order valence-electron chi connectivity index (χ0n) is 11.7. The molecule has 0 atom stereocenters. The Morgan fingerprint density at radius 1 is 1.24 bits per heavy atom. The molecule has 0 saturated carbocycles. The third-order valence-corrected chi connectivity index (χ3v) is 3.69. The van der Waals surface area contributed by atoms with Crippen molar-refractivity contribution in [2.45, 2.75) is 19.4 Å². The molecule has 0 aromatic heterocycles. The van der Waals surface area contributed by atoms with Gasteiger partial charge < -0.3 is 19.9 Å². The maximum atomic E-state index is 11.7. The average molecular weight is 293 g/mol. The van der Waals surface area contributed by atoms with Crippen molar-refractivity contribution in [1.82, 2.24) is 5.32 Å². The summed E-state index contributed by atoms with van der Waals surface area (Å²) in [7, 11) is 0. The first-order valence-corrected chi connectivity index (χ1v) is 6.88. The van der Waals surface area contributed by atoms with Crippen LogP contribution in [0.2, 0.25) is 0 Å². The monoisotopic (exact) mass is 293 g/mol. The van der Waals surface area contributed by atoms with E-state index in [-0.39, 0.29) is 13.2 Å². The number of benzene rings is 1. The topological polar surface area (TPSA) is 84.9 Å². The maximum absolute atomic E-state index is 11.7. The van der Waals surface area contributed by atoms with Crippen molar-refractivity contribution in [3.05, 3.63) is 35.9 Å². The largest absolute Gasteiger partial charge is 0.481 e. The summed E-state index contributed by atoms with van der Waals surface area (Å²) in [6.45, 7) is 1.01. The summed E-state index contributed by atoms with van der Waals surface area (Å²) in [4.78, 5) is 23.1. The predicted molar refractivity (Wildman–Crippen MR) is 74.8 cm³/mol. The third-order valence-electron chi connectivity index (χ3n) is 3.69. The molecule has 0 bridgehead atoms. The molecule has 1 heterocycles. The van der Waals surface area contributed by atoms with Gasteiger partial charge in [0, 0.05) is 19.8 Å². The van der Waals surface area contributed by atoms with E-state index in [1.807, 2.05) is 30.3 Å². The molecule has 114 valence electrons. The highest BCUT2D eigenvalue weighted by Crippen LogP contribution is 2.30. The van der Waals surface area contributed by atoms with Crippen molar-refractivity contribution >= 4 is 12.1 Å². The van der Waals surface area contributed by atoms with Crippen LogP contribution < -0.4 is 5.32 Å². The summed E-state index contributed by atoms with van der Waals surface area (Å²) in [6, 6.07) is 9.30. The van der Waals surface area contributed by atoms with Crippen molar-refractivity contribution in [3.63, 3.8) is 0 Å². The van der Waals surface area contributed by atoms with E-state index in [4.69, 9.17) is 9.47 Å². The molecule has 1 fully saturated rings. The first kappa shape index (κ1) is 15.3. The first-order valence-electron chi connectivity index (χ1n) is 6.88. The van der Waals surface area contributed by atoms with Crippen LogP contribution in [0.25, 0.3) is 0 Å². The summed E-state index contributed by atoms with van der Waals surface area (Å²) in [5.74, 6) is -0.908. The molecular formula is C15H19NO5. The fraction of sp³-hybridized carbons (Fsp3) is 0.467. The van der Waals surface area contributed by atoms with Gasteiger partial charge in [0.1, 0.15) is 6.61 Å². The quantitative estimate of drug-likeness (QED) is 0.864. The molecule has 21 heavy (non-hydrogen) atoms. The fourth-order valence-corrected chi connectivity index (χ4v) is 2.24. The molecule has 6 heteroatoms. The van der Waals surface area contributed by atoms with E-state index in [1.54, 1.807) is 0 Å². The van der Waals surface area contributed by atoms with Gasteiger partial charge in [-0.15, -0.1) is 0 Å². The number of carbonyl (C=O) groups is 2. The average Bonchev–Trinajstić information content (AvgIpc) is 2.52. The van der Waals surface area contributed by atoms with Crippen LogP contribution >= 0.6 is 0 Å². The van der Waals surface area contributed by atoms with Gasteiger partial charge >= 0.3 is 12.1 Å². The number of amides is 1. The summed E-state index contributed by atoms with van der Waals surface area (Å²) < 4.78 is 10.2. The standard InChI is InChI=1S/C15H19NO5/c17-13(18)15(6-8-20-9-7-15)11-16-14(19)21-10-12-4-2-1-3-5-12/h1-5H,6-11H2,(H,16,19)(H,17,18). The smallest absolute Gasteiger partial charge is 0.407 e. The minimum Gasteiger partial charge on any atom is -0.481 e. The Labute approximate surface area is 123 Å². The summed E-state index contributed by atoms with van der Waals surface area (Å²) >= 11 is 0. The van der Waals surface area contributed by atoms with Gasteiger partial charge in [-0.2, -0.15) is 0 Å². The van der Waals surface area contributed by atoms with Crippen LogP contribution in [0.5, 0.6) is 0 Å². The van der Waals surface area contributed by atoms with Crippen LogP contribution in [0.3, 0.4) is 0 Å². The Hall–Kier alpha value is -2.08. The molecular weight excluding hydrogens is 274 g/mol. The van der Waals surface area contributed by atoms with Crippen LogP contribution in [-0.2, 0) is 20.9 Å². The van der Waals surface area contributed by atoms with Gasteiger partial charge in [-0.1, -0.05) is 30.3 Å². The van der Waals surface area contributed by atoms with E-state index in [0.29, 0.717) is 26.1 Å². The van der Waals surface area contributed by atoms with Crippen LogP contribution in [-0.4, -0.2) is 36.9 Å². The van der Waals surface area contributed by atoms with E-state index in [0.717, 1.165) is 5.56 Å². The number of carbonyl (C=O) groups excluding carboxylic acids is 1. The molecule has 0 unspecified atom stereocenters. The number of hydrogen-bond acceptors (Lipinski definition) is 4. The van der Waals surface area contributed by atoms with E-state index in [1.165, 1.54) is 0 Å². The number of aliphatic carboxylic acids is 1. The molecule has 2 N–H and O–H groups in total. The summed E-state index contributed by atoms with van der Waals surface area (Å²) in [5.41, 5.74) is -0.0732. The highest BCUT2D eigenvalue weighted by Gasteiger charge is 2.40. The van der Waals surface area contributed by atoms with Gasteiger partial charge in [-0.3, -0.25) is 4.79 Å². The van der Waals surface area contributed by atoms with Crippen LogP contribution in [0.1, 0.15) is 18.4 Å². The van der Waals surface area contributed by atoms with Gasteiger partial charge in [-0.25, -0.2) is 4.79 Å². The van der Waals surface area contributed by atoms with Crippen molar-refractivity contribution in [1.29, 1.82) is 0 Å². The Balaban J connectivity index is 1.80. The molecule has 1 aromatic rings. The second-order valence-corrected chi connectivity index (χ2v) is 5.11. The molecule has 0 radical (unpaired) electrons. The lowest BCUT2D eigenvalue weighted by Crippen LogP contribution is -2.46. The van der Waals surface area contributed by atoms with Gasteiger partial charge in [0.2, 0.25) is 0 Å².